The third-order valence-corrected chi connectivity index (χ3v) is 3.49. The maximum Gasteiger partial charge on any atom is 0.416 e. The summed E-state index contributed by atoms with van der Waals surface area (Å²) in [5, 5.41) is -0.0278. The van der Waals surface area contributed by atoms with Crippen molar-refractivity contribution in [2.45, 2.75) is 18.2 Å². The van der Waals surface area contributed by atoms with Crippen molar-refractivity contribution in [3.63, 3.8) is 0 Å². The molecule has 0 spiro atoms. The number of hydrogen-bond donors (Lipinski definition) is 1. The fraction of sp³-hybridized carbons (Fsp3) is 0.182. The molecule has 2 aromatic rings. The Morgan fingerprint density at radius 2 is 1.94 bits per heavy atom. The van der Waals surface area contributed by atoms with E-state index >= 15 is 0 Å². The summed E-state index contributed by atoms with van der Waals surface area (Å²) in [7, 11) is 0. The third kappa shape index (κ3) is 2.16. The largest absolute Gasteiger partial charge is 0.448 e. The first-order chi connectivity index (χ1) is 8.21. The Labute approximate surface area is 113 Å². The van der Waals surface area contributed by atoms with Crippen LogP contribution in [0, 0.1) is 6.92 Å². The topological polar surface area (TPSA) is 30.2 Å². The number of alkyl halides is 3. The lowest BCUT2D eigenvalue weighted by Gasteiger charge is -2.09. The fourth-order valence-corrected chi connectivity index (χ4v) is 2.24. The minimum absolute atomic E-state index is 0.0589. The van der Waals surface area contributed by atoms with Gasteiger partial charge in [0, 0.05) is 5.56 Å². The predicted octanol–water partition coefficient (Wildman–Crippen LogP) is 4.17. The molecular formula is C11H6BrF3O2S. The van der Waals surface area contributed by atoms with Crippen molar-refractivity contribution in [1.82, 2.24) is 0 Å². The van der Waals surface area contributed by atoms with Gasteiger partial charge in [-0.15, -0.1) is 12.6 Å². The third-order valence-electron chi connectivity index (χ3n) is 2.48. The maximum atomic E-state index is 12.6. The van der Waals surface area contributed by atoms with Crippen LogP contribution >= 0.6 is 28.6 Å². The van der Waals surface area contributed by atoms with Crippen molar-refractivity contribution in [3.05, 3.63) is 38.0 Å². The second-order valence-electron chi connectivity index (χ2n) is 3.69. The van der Waals surface area contributed by atoms with Gasteiger partial charge in [0.2, 0.25) is 0 Å². The van der Waals surface area contributed by atoms with E-state index in [1.165, 1.54) is 6.92 Å². The molecule has 0 fully saturated rings. The van der Waals surface area contributed by atoms with Crippen molar-refractivity contribution in [2.24, 2.45) is 0 Å². The monoisotopic (exact) mass is 338 g/mol. The van der Waals surface area contributed by atoms with E-state index < -0.39 is 17.2 Å². The number of rotatable bonds is 0. The molecule has 0 saturated heterocycles. The molecule has 0 aliphatic heterocycles. The predicted molar refractivity (Wildman–Crippen MR) is 67.2 cm³/mol. The number of fused-ring (bicyclic) bond motifs is 1. The van der Waals surface area contributed by atoms with E-state index in [4.69, 9.17) is 4.42 Å². The van der Waals surface area contributed by atoms with Crippen LogP contribution in [0.15, 0.2) is 30.9 Å². The average Bonchev–Trinajstić information content (AvgIpc) is 2.26. The van der Waals surface area contributed by atoms with E-state index in [1.807, 2.05) is 0 Å². The van der Waals surface area contributed by atoms with Crippen molar-refractivity contribution < 1.29 is 17.6 Å². The summed E-state index contributed by atoms with van der Waals surface area (Å²) in [5.74, 6) is 0. The first kappa shape index (κ1) is 13.5. The Morgan fingerprint density at radius 3 is 2.50 bits per heavy atom. The highest BCUT2D eigenvalue weighted by Crippen LogP contribution is 2.35. The highest BCUT2D eigenvalue weighted by molar-refractivity contribution is 9.10. The smallest absolute Gasteiger partial charge is 0.416 e. The molecule has 1 heterocycles. The van der Waals surface area contributed by atoms with Crippen LogP contribution in [0.2, 0.25) is 0 Å². The molecule has 0 atom stereocenters. The first-order valence-electron chi connectivity index (χ1n) is 4.75. The summed E-state index contributed by atoms with van der Waals surface area (Å²) in [4.78, 5) is 11.9. The number of thiol groups is 1. The van der Waals surface area contributed by atoms with Crippen LogP contribution in [0.25, 0.3) is 11.0 Å². The molecule has 0 bridgehead atoms. The summed E-state index contributed by atoms with van der Waals surface area (Å²) in [6.45, 7) is 1.45. The Kier molecular flexibility index (Phi) is 3.23. The van der Waals surface area contributed by atoms with Gasteiger partial charge in [-0.05, 0) is 35.0 Å². The summed E-state index contributed by atoms with van der Waals surface area (Å²) in [6, 6.07) is 1.65. The minimum atomic E-state index is -4.52. The molecule has 0 saturated carbocycles. The summed E-state index contributed by atoms with van der Waals surface area (Å²) < 4.78 is 43.2. The van der Waals surface area contributed by atoms with Gasteiger partial charge in [-0.3, -0.25) is 4.79 Å². The minimum Gasteiger partial charge on any atom is -0.448 e. The Hall–Kier alpha value is -0.950. The quantitative estimate of drug-likeness (QED) is 0.730. The van der Waals surface area contributed by atoms with Gasteiger partial charge in [-0.1, -0.05) is 0 Å². The van der Waals surface area contributed by atoms with Crippen molar-refractivity contribution in [3.8, 4) is 0 Å². The summed E-state index contributed by atoms with van der Waals surface area (Å²) in [6.07, 6.45) is -4.52. The molecule has 7 heteroatoms. The molecule has 0 amide bonds. The number of halogens is 4. The number of hydrogen-bond acceptors (Lipinski definition) is 3. The van der Waals surface area contributed by atoms with E-state index in [0.29, 0.717) is 0 Å². The van der Waals surface area contributed by atoms with Crippen LogP contribution in [0.4, 0.5) is 13.2 Å². The second-order valence-corrected chi connectivity index (χ2v) is 4.95. The standard InChI is InChI=1S/C11H6BrF3O2S/c1-4-8(16)6-2-5(11(13,14)15)3-7(12)9(6)17-10(4)18/h2-3,18H,1H3. The molecule has 0 aliphatic rings. The van der Waals surface area contributed by atoms with Crippen LogP contribution in [-0.2, 0) is 6.18 Å². The molecule has 2 rings (SSSR count). The summed E-state index contributed by atoms with van der Waals surface area (Å²) in [5.41, 5.74) is -1.19. The number of benzene rings is 1. The maximum absolute atomic E-state index is 12.6. The molecule has 1 aromatic carbocycles. The highest BCUT2D eigenvalue weighted by atomic mass is 79.9. The molecule has 0 unspecified atom stereocenters. The van der Waals surface area contributed by atoms with Gasteiger partial charge in [0.05, 0.1) is 15.4 Å². The van der Waals surface area contributed by atoms with Crippen LogP contribution in [0.5, 0.6) is 0 Å². The molecule has 18 heavy (non-hydrogen) atoms. The van der Waals surface area contributed by atoms with Gasteiger partial charge >= 0.3 is 6.18 Å². The highest BCUT2D eigenvalue weighted by Gasteiger charge is 2.32. The van der Waals surface area contributed by atoms with Gasteiger partial charge < -0.3 is 4.42 Å². The zero-order valence-electron chi connectivity index (χ0n) is 8.93. The van der Waals surface area contributed by atoms with Crippen LogP contribution < -0.4 is 5.43 Å². The van der Waals surface area contributed by atoms with Gasteiger partial charge in [0.15, 0.2) is 16.1 Å². The molecule has 0 N–H and O–H groups in total. The van der Waals surface area contributed by atoms with Crippen LogP contribution in [-0.4, -0.2) is 0 Å². The van der Waals surface area contributed by atoms with Gasteiger partial charge in [0.1, 0.15) is 0 Å². The van der Waals surface area contributed by atoms with Gasteiger partial charge in [-0.2, -0.15) is 13.2 Å². The van der Waals surface area contributed by atoms with Crippen molar-refractivity contribution in [1.29, 1.82) is 0 Å². The first-order valence-corrected chi connectivity index (χ1v) is 5.99. The zero-order valence-corrected chi connectivity index (χ0v) is 11.4. The average molecular weight is 339 g/mol. The van der Waals surface area contributed by atoms with Gasteiger partial charge in [-0.25, -0.2) is 0 Å². The molecule has 96 valence electrons. The molecule has 0 aliphatic carbocycles. The molecule has 0 radical (unpaired) electrons. The zero-order chi connectivity index (χ0) is 13.7. The van der Waals surface area contributed by atoms with Gasteiger partial charge in [0.25, 0.3) is 0 Å². The Morgan fingerprint density at radius 1 is 1.33 bits per heavy atom. The van der Waals surface area contributed by atoms with Crippen molar-refractivity contribution >= 4 is 39.5 Å². The lowest BCUT2D eigenvalue weighted by Crippen LogP contribution is -2.10. The molecule has 2 nitrogen and oxygen atoms in total. The molecular weight excluding hydrogens is 333 g/mol. The van der Waals surface area contributed by atoms with E-state index in [0.717, 1.165) is 12.1 Å². The second kappa shape index (κ2) is 4.31. The Bertz CT molecular complexity index is 691. The van der Waals surface area contributed by atoms with E-state index in [9.17, 15) is 18.0 Å². The van der Waals surface area contributed by atoms with E-state index in [-0.39, 0.29) is 26.1 Å². The summed E-state index contributed by atoms with van der Waals surface area (Å²) >= 11 is 6.93. The lowest BCUT2D eigenvalue weighted by atomic mass is 10.1. The van der Waals surface area contributed by atoms with Crippen molar-refractivity contribution in [2.75, 3.05) is 0 Å². The van der Waals surface area contributed by atoms with E-state index in [2.05, 4.69) is 28.6 Å². The van der Waals surface area contributed by atoms with Crippen LogP contribution in [0.3, 0.4) is 0 Å². The SMILES string of the molecule is Cc1c(S)oc2c(Br)cc(C(F)(F)F)cc2c1=O. The van der Waals surface area contributed by atoms with Crippen LogP contribution in [0.1, 0.15) is 11.1 Å². The Balaban J connectivity index is 2.93. The van der Waals surface area contributed by atoms with E-state index in [1.54, 1.807) is 0 Å². The fourth-order valence-electron chi connectivity index (χ4n) is 1.50. The molecule has 1 aromatic heterocycles. The lowest BCUT2D eigenvalue weighted by molar-refractivity contribution is -0.137. The normalized spacial score (nSPS) is 12.1.